The first-order valence-corrected chi connectivity index (χ1v) is 10.8. The smallest absolute Gasteiger partial charge is 0.330 e. The summed E-state index contributed by atoms with van der Waals surface area (Å²) in [5, 5.41) is 3.50. The molecule has 0 bridgehead atoms. The molecular formula is C23H26N4O3. The first kappa shape index (κ1) is 19.0. The number of barbiturate groups is 1. The molecule has 0 aliphatic carbocycles. The number of hydrogen-bond acceptors (Lipinski definition) is 5. The van der Waals surface area contributed by atoms with Crippen molar-refractivity contribution in [1.29, 1.82) is 0 Å². The second kappa shape index (κ2) is 6.79. The number of urea groups is 1. The van der Waals surface area contributed by atoms with Crippen molar-refractivity contribution in [3.8, 4) is 0 Å². The number of carbonyl (C=O) groups excluding carboxylic acids is 3. The van der Waals surface area contributed by atoms with Gasteiger partial charge in [-0.15, -0.1) is 0 Å². The zero-order valence-corrected chi connectivity index (χ0v) is 17.4. The van der Waals surface area contributed by atoms with Crippen LogP contribution in [0.4, 0.5) is 10.6 Å². The number of amides is 4. The third kappa shape index (κ3) is 2.57. The number of benzene rings is 1. The number of rotatable bonds is 2. The van der Waals surface area contributed by atoms with Crippen LogP contribution in [-0.4, -0.2) is 46.9 Å². The van der Waals surface area contributed by atoms with Gasteiger partial charge in [-0.2, -0.15) is 0 Å². The summed E-state index contributed by atoms with van der Waals surface area (Å²) >= 11 is 0. The molecule has 0 unspecified atom stereocenters. The van der Waals surface area contributed by atoms with Gasteiger partial charge in [-0.25, -0.2) is 9.78 Å². The van der Waals surface area contributed by atoms with Crippen LogP contribution in [0.3, 0.4) is 0 Å². The molecule has 1 aromatic carbocycles. The number of pyridine rings is 1. The van der Waals surface area contributed by atoms with E-state index < -0.39 is 17.4 Å². The molecule has 4 heterocycles. The summed E-state index contributed by atoms with van der Waals surface area (Å²) in [7, 11) is 0. The van der Waals surface area contributed by atoms with Crippen molar-refractivity contribution in [2.45, 2.75) is 52.0 Å². The number of nitrogens with zero attached hydrogens (tertiary/aromatic N) is 3. The maximum atomic E-state index is 13.7. The average molecular weight is 406 g/mol. The molecule has 7 nitrogen and oxygen atoms in total. The SMILES string of the molecule is CCCN1C(=O)NC(=O)[C@@]2(Cc3cc4cc(C)ccc4nc3N3CCCC[C@@H]32)C1=O. The van der Waals surface area contributed by atoms with E-state index in [0.717, 1.165) is 53.7 Å². The molecule has 7 heteroatoms. The van der Waals surface area contributed by atoms with Crippen molar-refractivity contribution in [3.05, 3.63) is 35.4 Å². The van der Waals surface area contributed by atoms with E-state index >= 15 is 0 Å². The Morgan fingerprint density at radius 3 is 2.83 bits per heavy atom. The van der Waals surface area contributed by atoms with E-state index in [2.05, 4.69) is 22.3 Å². The van der Waals surface area contributed by atoms with Gasteiger partial charge in [0.1, 0.15) is 5.82 Å². The molecule has 5 rings (SSSR count). The summed E-state index contributed by atoms with van der Waals surface area (Å²) < 4.78 is 0. The Morgan fingerprint density at radius 1 is 1.20 bits per heavy atom. The minimum Gasteiger partial charge on any atom is -0.352 e. The van der Waals surface area contributed by atoms with E-state index in [4.69, 9.17) is 4.98 Å². The van der Waals surface area contributed by atoms with Gasteiger partial charge >= 0.3 is 6.03 Å². The summed E-state index contributed by atoms with van der Waals surface area (Å²) in [6, 6.07) is 7.33. The van der Waals surface area contributed by atoms with Crippen molar-refractivity contribution < 1.29 is 14.4 Å². The molecular weight excluding hydrogens is 380 g/mol. The fourth-order valence-corrected chi connectivity index (χ4v) is 5.41. The molecule has 3 aliphatic rings. The molecule has 2 fully saturated rings. The Balaban J connectivity index is 1.70. The van der Waals surface area contributed by atoms with Crippen LogP contribution >= 0.6 is 0 Å². The van der Waals surface area contributed by atoms with E-state index in [1.54, 1.807) is 0 Å². The van der Waals surface area contributed by atoms with E-state index in [1.807, 2.05) is 26.0 Å². The number of hydrogen-bond donors (Lipinski definition) is 1. The highest BCUT2D eigenvalue weighted by molar-refractivity contribution is 6.20. The number of carbonyl (C=O) groups is 3. The van der Waals surface area contributed by atoms with Crippen molar-refractivity contribution in [1.82, 2.24) is 15.2 Å². The zero-order chi connectivity index (χ0) is 21.0. The van der Waals surface area contributed by atoms with Gasteiger partial charge in [-0.05, 0) is 56.4 Å². The third-order valence-corrected chi connectivity index (χ3v) is 6.78. The van der Waals surface area contributed by atoms with Gasteiger partial charge in [-0.3, -0.25) is 19.8 Å². The lowest BCUT2D eigenvalue weighted by atomic mass is 9.66. The zero-order valence-electron chi connectivity index (χ0n) is 17.4. The minimum absolute atomic E-state index is 0.276. The van der Waals surface area contributed by atoms with Gasteiger partial charge in [0.2, 0.25) is 11.8 Å². The molecule has 2 saturated heterocycles. The number of aryl methyl sites for hydroxylation is 1. The van der Waals surface area contributed by atoms with Crippen LogP contribution in [0, 0.1) is 12.3 Å². The molecule has 2 aromatic rings. The summed E-state index contributed by atoms with van der Waals surface area (Å²) in [5.41, 5.74) is 1.68. The predicted molar refractivity (Wildman–Crippen MR) is 113 cm³/mol. The lowest BCUT2D eigenvalue weighted by molar-refractivity contribution is -0.154. The van der Waals surface area contributed by atoms with Gasteiger partial charge < -0.3 is 4.90 Å². The molecule has 156 valence electrons. The summed E-state index contributed by atoms with van der Waals surface area (Å²) in [6.45, 7) is 5.03. The molecule has 1 aromatic heterocycles. The van der Waals surface area contributed by atoms with Gasteiger partial charge in [0, 0.05) is 24.9 Å². The Hall–Kier alpha value is -2.96. The van der Waals surface area contributed by atoms with Gasteiger partial charge in [-0.1, -0.05) is 18.6 Å². The van der Waals surface area contributed by atoms with Gasteiger partial charge in [0.05, 0.1) is 11.6 Å². The van der Waals surface area contributed by atoms with Crippen molar-refractivity contribution in [3.63, 3.8) is 0 Å². The topological polar surface area (TPSA) is 82.6 Å². The summed E-state index contributed by atoms with van der Waals surface area (Å²) in [6.07, 6.45) is 3.61. The minimum atomic E-state index is -1.28. The van der Waals surface area contributed by atoms with Crippen LogP contribution in [0.5, 0.6) is 0 Å². The van der Waals surface area contributed by atoms with E-state index in [-0.39, 0.29) is 18.4 Å². The Kier molecular flexibility index (Phi) is 4.31. The number of anilines is 1. The number of fused-ring (bicyclic) bond motifs is 5. The molecule has 1 spiro atoms. The van der Waals surface area contributed by atoms with Crippen LogP contribution in [0.15, 0.2) is 24.3 Å². The number of nitrogens with one attached hydrogen (secondary N) is 1. The fourth-order valence-electron chi connectivity index (χ4n) is 5.41. The summed E-state index contributed by atoms with van der Waals surface area (Å²) in [5.74, 6) is 0.0583. The van der Waals surface area contributed by atoms with Crippen LogP contribution in [0.2, 0.25) is 0 Å². The monoisotopic (exact) mass is 406 g/mol. The predicted octanol–water partition coefficient (Wildman–Crippen LogP) is 2.93. The Bertz CT molecular complexity index is 1080. The molecule has 0 saturated carbocycles. The lowest BCUT2D eigenvalue weighted by Crippen LogP contribution is -2.72. The molecule has 3 aliphatic heterocycles. The van der Waals surface area contributed by atoms with Crippen molar-refractivity contribution in [2.75, 3.05) is 18.0 Å². The highest BCUT2D eigenvalue weighted by Gasteiger charge is 2.62. The average Bonchev–Trinajstić information content (AvgIpc) is 2.74. The largest absolute Gasteiger partial charge is 0.352 e. The molecule has 0 radical (unpaired) electrons. The second-order valence-electron chi connectivity index (χ2n) is 8.74. The third-order valence-electron chi connectivity index (χ3n) is 6.78. The Morgan fingerprint density at radius 2 is 2.03 bits per heavy atom. The van der Waals surface area contributed by atoms with Crippen molar-refractivity contribution >= 4 is 34.6 Å². The van der Waals surface area contributed by atoms with Crippen LogP contribution in [0.1, 0.15) is 43.7 Å². The summed E-state index contributed by atoms with van der Waals surface area (Å²) in [4.78, 5) is 47.7. The van der Waals surface area contributed by atoms with Crippen LogP contribution < -0.4 is 10.2 Å². The lowest BCUT2D eigenvalue weighted by Gasteiger charge is -2.53. The maximum absolute atomic E-state index is 13.7. The second-order valence-corrected chi connectivity index (χ2v) is 8.74. The first-order valence-electron chi connectivity index (χ1n) is 10.8. The highest BCUT2D eigenvalue weighted by atomic mass is 16.2. The number of piperidine rings is 1. The molecule has 30 heavy (non-hydrogen) atoms. The normalized spacial score (nSPS) is 26.1. The van der Waals surface area contributed by atoms with Gasteiger partial charge in [0.15, 0.2) is 5.41 Å². The van der Waals surface area contributed by atoms with Crippen molar-refractivity contribution in [2.24, 2.45) is 5.41 Å². The fraction of sp³-hybridized carbons (Fsp3) is 0.478. The Labute approximate surface area is 175 Å². The standard InChI is InChI=1S/C23H26N4O3/c1-3-9-27-21(29)23(20(28)25-22(27)30)13-16-12-15-11-14(2)7-8-17(15)24-19(16)26-10-5-4-6-18(23)26/h7-8,11-12,18H,3-6,9-10,13H2,1-2H3,(H,25,28,30)/t18-,23+/m1/s1. The molecule has 4 amide bonds. The maximum Gasteiger partial charge on any atom is 0.330 e. The number of imide groups is 2. The number of aromatic nitrogens is 1. The van der Waals surface area contributed by atoms with Crippen LogP contribution in [-0.2, 0) is 16.0 Å². The quantitative estimate of drug-likeness (QED) is 0.776. The van der Waals surface area contributed by atoms with E-state index in [0.29, 0.717) is 13.0 Å². The van der Waals surface area contributed by atoms with E-state index in [9.17, 15) is 14.4 Å². The van der Waals surface area contributed by atoms with E-state index in [1.165, 1.54) is 4.90 Å². The highest BCUT2D eigenvalue weighted by Crippen LogP contribution is 2.47. The molecule has 1 N–H and O–H groups in total. The first-order chi connectivity index (χ1) is 14.5. The van der Waals surface area contributed by atoms with Gasteiger partial charge in [0.25, 0.3) is 0 Å². The van der Waals surface area contributed by atoms with Crippen LogP contribution in [0.25, 0.3) is 10.9 Å². The molecule has 2 atom stereocenters.